The van der Waals surface area contributed by atoms with Crippen LogP contribution in [0.2, 0.25) is 0 Å². The molecule has 0 bridgehead atoms. The first-order chi connectivity index (χ1) is 13.9. The van der Waals surface area contributed by atoms with E-state index >= 15 is 0 Å². The average Bonchev–Trinajstić information content (AvgIpc) is 3.14. The van der Waals surface area contributed by atoms with Crippen molar-refractivity contribution in [3.05, 3.63) is 58.0 Å². The van der Waals surface area contributed by atoms with Crippen LogP contribution in [0.4, 0.5) is 4.39 Å². The minimum Gasteiger partial charge on any atom is -0.340 e. The molecule has 1 fully saturated rings. The highest BCUT2D eigenvalue weighted by Gasteiger charge is 2.30. The summed E-state index contributed by atoms with van der Waals surface area (Å²) < 4.78 is 13.1. The maximum atomic E-state index is 13.2. The lowest BCUT2D eigenvalue weighted by Gasteiger charge is -2.29. The molecule has 2 amide bonds. The summed E-state index contributed by atoms with van der Waals surface area (Å²) in [7, 11) is 0. The van der Waals surface area contributed by atoms with Crippen molar-refractivity contribution in [3.8, 4) is 0 Å². The molecule has 156 valence electrons. The first-order valence-corrected chi connectivity index (χ1v) is 10.9. The molecule has 2 aromatic rings. The van der Waals surface area contributed by atoms with E-state index in [0.29, 0.717) is 18.0 Å². The molecule has 1 saturated heterocycles. The van der Waals surface area contributed by atoms with Gasteiger partial charge in [0.15, 0.2) is 0 Å². The fourth-order valence-electron chi connectivity index (χ4n) is 3.53. The second-order valence-corrected chi connectivity index (χ2v) is 8.70. The zero-order chi connectivity index (χ0) is 20.8. The van der Waals surface area contributed by atoms with Crippen molar-refractivity contribution in [2.24, 2.45) is 5.92 Å². The van der Waals surface area contributed by atoms with Gasteiger partial charge in [-0.15, -0.1) is 11.3 Å². The first-order valence-electron chi connectivity index (χ1n) is 10.0. The number of thiophene rings is 1. The van der Waals surface area contributed by atoms with E-state index in [9.17, 15) is 14.0 Å². The van der Waals surface area contributed by atoms with Gasteiger partial charge in [0.2, 0.25) is 5.91 Å². The van der Waals surface area contributed by atoms with Gasteiger partial charge in [-0.2, -0.15) is 0 Å². The summed E-state index contributed by atoms with van der Waals surface area (Å²) in [6.07, 6.45) is 0.872. The average molecular weight is 418 g/mol. The molecule has 1 unspecified atom stereocenters. The monoisotopic (exact) mass is 417 g/mol. The third-order valence-corrected chi connectivity index (χ3v) is 6.05. The Morgan fingerprint density at radius 3 is 2.52 bits per heavy atom. The lowest BCUT2D eigenvalue weighted by atomic mass is 10.0. The molecule has 7 heteroatoms. The van der Waals surface area contributed by atoms with Crippen LogP contribution < -0.4 is 5.32 Å². The van der Waals surface area contributed by atoms with Gasteiger partial charge in [-0.05, 0) is 41.5 Å². The molecule has 0 spiro atoms. The van der Waals surface area contributed by atoms with Crippen LogP contribution >= 0.6 is 11.3 Å². The predicted molar refractivity (Wildman–Crippen MR) is 113 cm³/mol. The summed E-state index contributed by atoms with van der Waals surface area (Å²) in [5.74, 6) is -0.441. The highest BCUT2D eigenvalue weighted by molar-refractivity contribution is 7.12. The standard InChI is InChI=1S/C22H28FN3O2S/c1-16(2)20(24-21(27)19-5-3-14-29-19)22(28)26-11-4-10-25(12-13-26)15-17-6-8-18(23)9-7-17/h3,5-9,14,16,20H,4,10-13,15H2,1-2H3,(H,24,27). The number of benzene rings is 1. The summed E-state index contributed by atoms with van der Waals surface area (Å²) in [4.78, 5) is 30.4. The van der Waals surface area contributed by atoms with Crippen molar-refractivity contribution in [2.45, 2.75) is 32.9 Å². The summed E-state index contributed by atoms with van der Waals surface area (Å²) in [6.45, 7) is 7.59. The van der Waals surface area contributed by atoms with Gasteiger partial charge in [0.05, 0.1) is 4.88 Å². The van der Waals surface area contributed by atoms with Crippen molar-refractivity contribution < 1.29 is 14.0 Å². The smallest absolute Gasteiger partial charge is 0.262 e. The molecule has 1 aliphatic heterocycles. The number of nitrogens with zero attached hydrogens (tertiary/aromatic N) is 2. The highest BCUT2D eigenvalue weighted by atomic mass is 32.1. The lowest BCUT2D eigenvalue weighted by molar-refractivity contribution is -0.134. The normalized spacial score (nSPS) is 16.5. The number of hydrogen-bond donors (Lipinski definition) is 1. The Bertz CT molecular complexity index is 808. The van der Waals surface area contributed by atoms with Gasteiger partial charge < -0.3 is 10.2 Å². The zero-order valence-electron chi connectivity index (χ0n) is 16.9. The Kier molecular flexibility index (Phi) is 7.39. The number of hydrogen-bond acceptors (Lipinski definition) is 4. The molecule has 0 radical (unpaired) electrons. The Balaban J connectivity index is 1.59. The van der Waals surface area contributed by atoms with Crippen molar-refractivity contribution >= 4 is 23.2 Å². The fourth-order valence-corrected chi connectivity index (χ4v) is 4.15. The number of carbonyl (C=O) groups is 2. The number of rotatable bonds is 6. The number of carbonyl (C=O) groups excluding carboxylic acids is 2. The van der Waals surface area contributed by atoms with Crippen molar-refractivity contribution in [1.29, 1.82) is 0 Å². The van der Waals surface area contributed by atoms with E-state index in [-0.39, 0.29) is 23.5 Å². The Morgan fingerprint density at radius 2 is 1.86 bits per heavy atom. The molecule has 3 rings (SSSR count). The Hall–Kier alpha value is -2.25. The minimum atomic E-state index is -0.534. The summed E-state index contributed by atoms with van der Waals surface area (Å²) in [6, 6.07) is 9.63. The molecule has 1 aromatic heterocycles. The van der Waals surface area contributed by atoms with Gasteiger partial charge >= 0.3 is 0 Å². The quantitative estimate of drug-likeness (QED) is 0.784. The molecule has 29 heavy (non-hydrogen) atoms. The second-order valence-electron chi connectivity index (χ2n) is 7.75. The molecule has 5 nitrogen and oxygen atoms in total. The molecule has 1 atom stereocenters. The lowest BCUT2D eigenvalue weighted by Crippen LogP contribution is -2.51. The van der Waals surface area contributed by atoms with Crippen LogP contribution in [-0.4, -0.2) is 53.8 Å². The topological polar surface area (TPSA) is 52.7 Å². The summed E-state index contributed by atoms with van der Waals surface area (Å²) >= 11 is 1.37. The van der Waals surface area contributed by atoms with Crippen LogP contribution in [0.3, 0.4) is 0 Å². The molecule has 1 aromatic carbocycles. The number of halogens is 1. The Morgan fingerprint density at radius 1 is 1.10 bits per heavy atom. The van der Waals surface area contributed by atoms with E-state index in [4.69, 9.17) is 0 Å². The molecular weight excluding hydrogens is 389 g/mol. The predicted octanol–water partition coefficient (Wildman–Crippen LogP) is 3.38. The van der Waals surface area contributed by atoms with Crippen LogP contribution in [-0.2, 0) is 11.3 Å². The van der Waals surface area contributed by atoms with Crippen molar-refractivity contribution in [3.63, 3.8) is 0 Å². The van der Waals surface area contributed by atoms with E-state index in [1.165, 1.54) is 23.5 Å². The molecule has 1 N–H and O–H groups in total. The van der Waals surface area contributed by atoms with Crippen LogP contribution in [0, 0.1) is 11.7 Å². The molecular formula is C22H28FN3O2S. The van der Waals surface area contributed by atoms with Crippen LogP contribution in [0.25, 0.3) is 0 Å². The van der Waals surface area contributed by atoms with Gasteiger partial charge in [0, 0.05) is 32.7 Å². The molecule has 1 aliphatic rings. The SMILES string of the molecule is CC(C)C(NC(=O)c1cccs1)C(=O)N1CCCN(Cc2ccc(F)cc2)CC1. The molecule has 0 aliphatic carbocycles. The van der Waals surface area contributed by atoms with Gasteiger partial charge in [0.1, 0.15) is 11.9 Å². The van der Waals surface area contributed by atoms with E-state index in [0.717, 1.165) is 31.6 Å². The molecule has 2 heterocycles. The van der Waals surface area contributed by atoms with Gasteiger partial charge in [0.25, 0.3) is 5.91 Å². The third kappa shape index (κ3) is 5.87. The third-order valence-electron chi connectivity index (χ3n) is 5.18. The van der Waals surface area contributed by atoms with Crippen LogP contribution in [0.15, 0.2) is 41.8 Å². The van der Waals surface area contributed by atoms with Gasteiger partial charge in [-0.25, -0.2) is 4.39 Å². The highest BCUT2D eigenvalue weighted by Crippen LogP contribution is 2.15. The maximum absolute atomic E-state index is 13.2. The maximum Gasteiger partial charge on any atom is 0.262 e. The zero-order valence-corrected chi connectivity index (χ0v) is 17.8. The first kappa shape index (κ1) is 21.5. The fraction of sp³-hybridized carbons (Fsp3) is 0.455. The van der Waals surface area contributed by atoms with E-state index < -0.39 is 6.04 Å². The number of nitrogens with one attached hydrogen (secondary N) is 1. The van der Waals surface area contributed by atoms with E-state index in [1.807, 2.05) is 30.2 Å². The number of amides is 2. The largest absolute Gasteiger partial charge is 0.340 e. The van der Waals surface area contributed by atoms with Crippen molar-refractivity contribution in [2.75, 3.05) is 26.2 Å². The molecule has 0 saturated carbocycles. The van der Waals surface area contributed by atoms with E-state index in [2.05, 4.69) is 10.2 Å². The van der Waals surface area contributed by atoms with Crippen LogP contribution in [0.1, 0.15) is 35.5 Å². The van der Waals surface area contributed by atoms with E-state index in [1.54, 1.807) is 18.2 Å². The van der Waals surface area contributed by atoms with Crippen molar-refractivity contribution in [1.82, 2.24) is 15.1 Å². The summed E-state index contributed by atoms with van der Waals surface area (Å²) in [5, 5.41) is 4.78. The van der Waals surface area contributed by atoms with Crippen LogP contribution in [0.5, 0.6) is 0 Å². The Labute approximate surface area is 175 Å². The second kappa shape index (κ2) is 9.98. The summed E-state index contributed by atoms with van der Waals surface area (Å²) in [5.41, 5.74) is 1.06. The minimum absolute atomic E-state index is 0.00461. The van der Waals surface area contributed by atoms with Gasteiger partial charge in [-0.1, -0.05) is 32.0 Å². The van der Waals surface area contributed by atoms with Gasteiger partial charge in [-0.3, -0.25) is 14.5 Å².